The van der Waals surface area contributed by atoms with E-state index < -0.39 is 12.0 Å². The Morgan fingerprint density at radius 1 is 1.00 bits per heavy atom. The summed E-state index contributed by atoms with van der Waals surface area (Å²) >= 11 is 0. The third kappa shape index (κ3) is 3.27. The van der Waals surface area contributed by atoms with Crippen molar-refractivity contribution in [3.05, 3.63) is 54.6 Å². The minimum atomic E-state index is -0.584. The van der Waals surface area contributed by atoms with E-state index in [9.17, 15) is 9.18 Å². The molecule has 2 aromatic rings. The van der Waals surface area contributed by atoms with E-state index in [0.29, 0.717) is 11.4 Å². The van der Waals surface area contributed by atoms with Crippen molar-refractivity contribution >= 4 is 17.4 Å². The Kier molecular flexibility index (Phi) is 3.30. The molecule has 86 valence electrons. The largest absolute Gasteiger partial charge is 0.323 e. The van der Waals surface area contributed by atoms with Gasteiger partial charge in [-0.2, -0.15) is 4.39 Å². The summed E-state index contributed by atoms with van der Waals surface area (Å²) in [7, 11) is 0. The van der Waals surface area contributed by atoms with Crippen molar-refractivity contribution in [3.8, 4) is 0 Å². The standard InChI is InChI=1S/C12H10FN3O/c13-11-7-6-10(8-14-11)16-12(17)15-9-4-2-1-3-5-9/h1-8H,(H2,15,16,17). The highest BCUT2D eigenvalue weighted by Crippen LogP contribution is 2.08. The molecule has 4 nitrogen and oxygen atoms in total. The first kappa shape index (κ1) is 11.1. The van der Waals surface area contributed by atoms with Crippen LogP contribution in [0.1, 0.15) is 0 Å². The van der Waals surface area contributed by atoms with Crippen molar-refractivity contribution in [2.24, 2.45) is 0 Å². The molecular weight excluding hydrogens is 221 g/mol. The van der Waals surface area contributed by atoms with E-state index in [-0.39, 0.29) is 0 Å². The Morgan fingerprint density at radius 2 is 1.71 bits per heavy atom. The number of nitrogens with one attached hydrogen (secondary N) is 2. The second-order valence-electron chi connectivity index (χ2n) is 3.31. The predicted octanol–water partition coefficient (Wildman–Crippen LogP) is 2.86. The van der Waals surface area contributed by atoms with Crippen LogP contribution >= 0.6 is 0 Å². The van der Waals surface area contributed by atoms with Gasteiger partial charge in [-0.25, -0.2) is 9.78 Å². The Balaban J connectivity index is 1.96. The third-order valence-electron chi connectivity index (χ3n) is 2.02. The Bertz CT molecular complexity index is 499. The van der Waals surface area contributed by atoms with Crippen LogP contribution < -0.4 is 10.6 Å². The summed E-state index contributed by atoms with van der Waals surface area (Å²) in [6.07, 6.45) is 1.25. The van der Waals surface area contributed by atoms with Crippen molar-refractivity contribution in [3.63, 3.8) is 0 Å². The van der Waals surface area contributed by atoms with Crippen molar-refractivity contribution in [2.45, 2.75) is 0 Å². The van der Waals surface area contributed by atoms with Gasteiger partial charge in [0.2, 0.25) is 5.95 Å². The van der Waals surface area contributed by atoms with Crippen LogP contribution in [0.15, 0.2) is 48.7 Å². The number of carbonyl (C=O) groups is 1. The van der Waals surface area contributed by atoms with E-state index in [1.807, 2.05) is 18.2 Å². The number of urea groups is 1. The summed E-state index contributed by atoms with van der Waals surface area (Å²) < 4.78 is 12.5. The number of hydrogen-bond donors (Lipinski definition) is 2. The van der Waals surface area contributed by atoms with Gasteiger partial charge in [0.1, 0.15) is 0 Å². The molecule has 0 unspecified atom stereocenters. The van der Waals surface area contributed by atoms with Gasteiger partial charge in [-0.3, -0.25) is 0 Å². The van der Waals surface area contributed by atoms with Crippen molar-refractivity contribution in [1.82, 2.24) is 4.98 Å². The summed E-state index contributed by atoms with van der Waals surface area (Å²) in [5, 5.41) is 5.17. The van der Waals surface area contributed by atoms with Crippen LogP contribution in [-0.2, 0) is 0 Å². The van der Waals surface area contributed by atoms with Crippen LogP contribution in [0.4, 0.5) is 20.6 Å². The molecule has 0 fully saturated rings. The molecule has 0 saturated carbocycles. The second kappa shape index (κ2) is 5.07. The van der Waals surface area contributed by atoms with Crippen LogP contribution in [-0.4, -0.2) is 11.0 Å². The lowest BCUT2D eigenvalue weighted by atomic mass is 10.3. The molecule has 1 aromatic carbocycles. The summed E-state index contributed by atoms with van der Waals surface area (Å²) in [6.45, 7) is 0. The van der Waals surface area contributed by atoms with Gasteiger partial charge in [-0.15, -0.1) is 0 Å². The SMILES string of the molecule is O=C(Nc1ccccc1)Nc1ccc(F)nc1. The maximum atomic E-state index is 12.5. The fourth-order valence-electron chi connectivity index (χ4n) is 1.26. The molecule has 2 N–H and O–H groups in total. The number of rotatable bonds is 2. The molecule has 1 aromatic heterocycles. The first-order valence-electron chi connectivity index (χ1n) is 4.98. The molecule has 2 amide bonds. The molecule has 0 aliphatic heterocycles. The third-order valence-corrected chi connectivity index (χ3v) is 2.02. The Labute approximate surface area is 97.5 Å². The average molecular weight is 231 g/mol. The van der Waals surface area contributed by atoms with Gasteiger partial charge in [0.25, 0.3) is 0 Å². The highest BCUT2D eigenvalue weighted by molar-refractivity contribution is 5.99. The first-order valence-corrected chi connectivity index (χ1v) is 4.98. The lowest BCUT2D eigenvalue weighted by Gasteiger charge is -2.06. The van der Waals surface area contributed by atoms with E-state index in [2.05, 4.69) is 15.6 Å². The fourth-order valence-corrected chi connectivity index (χ4v) is 1.26. The maximum Gasteiger partial charge on any atom is 0.323 e. The monoisotopic (exact) mass is 231 g/mol. The minimum Gasteiger partial charge on any atom is -0.308 e. The number of benzene rings is 1. The van der Waals surface area contributed by atoms with E-state index in [0.717, 1.165) is 0 Å². The van der Waals surface area contributed by atoms with E-state index in [1.165, 1.54) is 18.3 Å². The smallest absolute Gasteiger partial charge is 0.308 e. The second-order valence-corrected chi connectivity index (χ2v) is 3.31. The molecule has 5 heteroatoms. The highest BCUT2D eigenvalue weighted by atomic mass is 19.1. The zero-order valence-electron chi connectivity index (χ0n) is 8.85. The van der Waals surface area contributed by atoms with E-state index >= 15 is 0 Å². The lowest BCUT2D eigenvalue weighted by molar-refractivity contribution is 0.262. The number of pyridine rings is 1. The molecule has 0 radical (unpaired) electrons. The van der Waals surface area contributed by atoms with E-state index in [4.69, 9.17) is 0 Å². The summed E-state index contributed by atoms with van der Waals surface area (Å²) in [4.78, 5) is 15.0. The number of carbonyl (C=O) groups excluding carboxylic acids is 1. The lowest BCUT2D eigenvalue weighted by Crippen LogP contribution is -2.19. The molecule has 0 aliphatic rings. The molecule has 2 rings (SSSR count). The molecular formula is C12H10FN3O. The first-order chi connectivity index (χ1) is 8.24. The van der Waals surface area contributed by atoms with Gasteiger partial charge in [-0.1, -0.05) is 18.2 Å². The normalized spacial score (nSPS) is 9.71. The highest BCUT2D eigenvalue weighted by Gasteiger charge is 2.02. The Morgan fingerprint density at radius 3 is 2.35 bits per heavy atom. The Hall–Kier alpha value is -2.43. The van der Waals surface area contributed by atoms with Crippen molar-refractivity contribution in [2.75, 3.05) is 10.6 Å². The van der Waals surface area contributed by atoms with Gasteiger partial charge in [0, 0.05) is 5.69 Å². The molecule has 0 aliphatic carbocycles. The quantitative estimate of drug-likeness (QED) is 0.781. The van der Waals surface area contributed by atoms with Gasteiger partial charge in [0.15, 0.2) is 0 Å². The molecule has 17 heavy (non-hydrogen) atoms. The molecule has 0 saturated heterocycles. The molecule has 0 spiro atoms. The van der Waals surface area contributed by atoms with Crippen molar-refractivity contribution < 1.29 is 9.18 Å². The van der Waals surface area contributed by atoms with Crippen LogP contribution in [0.25, 0.3) is 0 Å². The number of hydrogen-bond acceptors (Lipinski definition) is 2. The maximum absolute atomic E-state index is 12.5. The number of aromatic nitrogens is 1. The topological polar surface area (TPSA) is 54.0 Å². The summed E-state index contributed by atoms with van der Waals surface area (Å²) in [6, 6.07) is 11.2. The molecule has 1 heterocycles. The molecule has 0 atom stereocenters. The number of halogens is 1. The predicted molar refractivity (Wildman–Crippen MR) is 63.3 cm³/mol. The average Bonchev–Trinajstić information content (AvgIpc) is 2.33. The van der Waals surface area contributed by atoms with Gasteiger partial charge < -0.3 is 10.6 Å². The van der Waals surface area contributed by atoms with E-state index in [1.54, 1.807) is 12.1 Å². The number of amides is 2. The van der Waals surface area contributed by atoms with Crippen LogP contribution in [0, 0.1) is 5.95 Å². The number of anilines is 2. The van der Waals surface area contributed by atoms with Gasteiger partial charge in [-0.05, 0) is 24.3 Å². The summed E-state index contributed by atoms with van der Waals surface area (Å²) in [5.41, 5.74) is 1.11. The van der Waals surface area contributed by atoms with Gasteiger partial charge >= 0.3 is 6.03 Å². The van der Waals surface area contributed by atoms with Gasteiger partial charge in [0.05, 0.1) is 11.9 Å². The number of para-hydroxylation sites is 1. The van der Waals surface area contributed by atoms with Crippen LogP contribution in [0.3, 0.4) is 0 Å². The van der Waals surface area contributed by atoms with Crippen molar-refractivity contribution in [1.29, 1.82) is 0 Å². The fraction of sp³-hybridized carbons (Fsp3) is 0. The minimum absolute atomic E-state index is 0.399. The summed E-state index contributed by atoms with van der Waals surface area (Å²) in [5.74, 6) is -0.584. The number of nitrogens with zero attached hydrogens (tertiary/aromatic N) is 1. The zero-order chi connectivity index (χ0) is 12.1. The zero-order valence-corrected chi connectivity index (χ0v) is 8.85. The molecule has 0 bridgehead atoms. The van der Waals surface area contributed by atoms with Crippen LogP contribution in [0.5, 0.6) is 0 Å². The van der Waals surface area contributed by atoms with Crippen LogP contribution in [0.2, 0.25) is 0 Å².